The van der Waals surface area contributed by atoms with Crippen molar-refractivity contribution in [2.24, 2.45) is 0 Å². The molecule has 0 aromatic heterocycles. The second kappa shape index (κ2) is 33.8. The van der Waals surface area contributed by atoms with Crippen molar-refractivity contribution in [1.29, 1.82) is 0 Å². The maximum absolute atomic E-state index is 12.6. The first-order valence-electron chi connectivity index (χ1n) is 18.5. The number of carbonyl (C=O) groups excluding carboxylic acids is 2. The van der Waals surface area contributed by atoms with E-state index in [2.05, 4.69) is 43.5 Å². The molecule has 0 aliphatic carbocycles. The average Bonchev–Trinajstić information content (AvgIpc) is 3.00. The Morgan fingerprint density at radius 2 is 1.11 bits per heavy atom. The van der Waals surface area contributed by atoms with Crippen LogP contribution in [-0.2, 0) is 19.1 Å². The molecule has 1 unspecified atom stereocenters. The van der Waals surface area contributed by atoms with Gasteiger partial charge in [-0.15, -0.1) is 0 Å². The van der Waals surface area contributed by atoms with Crippen LogP contribution in [0.2, 0.25) is 0 Å². The quantitative estimate of drug-likeness (QED) is 0.0433. The number of nitrogens with one attached hydrogen (secondary N) is 1. The number of hydrogen-bond donors (Lipinski definition) is 2. The van der Waals surface area contributed by atoms with Crippen LogP contribution in [0.5, 0.6) is 0 Å². The molecule has 6 heteroatoms. The van der Waals surface area contributed by atoms with E-state index in [1.165, 1.54) is 89.9 Å². The summed E-state index contributed by atoms with van der Waals surface area (Å²) in [7, 11) is 0. The summed E-state index contributed by atoms with van der Waals surface area (Å²) in [5.41, 5.74) is 0. The van der Waals surface area contributed by atoms with Gasteiger partial charge in [0, 0.05) is 12.8 Å². The maximum atomic E-state index is 12.6. The molecule has 256 valence electrons. The van der Waals surface area contributed by atoms with Crippen LogP contribution in [0.1, 0.15) is 187 Å². The lowest BCUT2D eigenvalue weighted by atomic mass is 10.0. The van der Waals surface area contributed by atoms with Crippen LogP contribution in [0.3, 0.4) is 0 Å². The topological polar surface area (TPSA) is 92.7 Å². The Bertz CT molecular complexity index is 733. The number of hydrogen-bond acceptors (Lipinski definition) is 4. The van der Waals surface area contributed by atoms with Crippen molar-refractivity contribution in [2.45, 2.75) is 193 Å². The molecular formula is C38H69NO5. The number of rotatable bonds is 33. The number of carboxylic acids is 1. The highest BCUT2D eigenvalue weighted by Crippen LogP contribution is 2.16. The number of carbonyl (C=O) groups is 3. The van der Waals surface area contributed by atoms with Gasteiger partial charge >= 0.3 is 11.9 Å². The molecule has 0 fully saturated rings. The summed E-state index contributed by atoms with van der Waals surface area (Å²) in [6.07, 6.45) is 38.8. The number of allylic oxidation sites excluding steroid dienone is 3. The minimum atomic E-state index is -1.02. The highest BCUT2D eigenvalue weighted by molar-refractivity contribution is 5.80. The molecule has 2 N–H and O–H groups in total. The molecule has 6 nitrogen and oxygen atoms in total. The fourth-order valence-corrected chi connectivity index (χ4v) is 5.35. The highest BCUT2D eigenvalue weighted by atomic mass is 16.5. The fraction of sp³-hybridized carbons (Fsp3) is 0.816. The third-order valence-corrected chi connectivity index (χ3v) is 8.11. The lowest BCUT2D eigenvalue weighted by Crippen LogP contribution is -2.28. The molecule has 0 aliphatic heterocycles. The van der Waals surface area contributed by atoms with E-state index in [4.69, 9.17) is 9.84 Å². The third-order valence-electron chi connectivity index (χ3n) is 8.11. The molecule has 0 saturated carbocycles. The van der Waals surface area contributed by atoms with E-state index in [1.807, 2.05) is 0 Å². The molecule has 1 atom stereocenters. The first-order valence-corrected chi connectivity index (χ1v) is 18.5. The van der Waals surface area contributed by atoms with Gasteiger partial charge in [0.15, 0.2) is 0 Å². The number of ether oxygens (including phenoxy) is 1. The van der Waals surface area contributed by atoms with Crippen LogP contribution in [0.15, 0.2) is 24.3 Å². The largest absolute Gasteiger partial charge is 0.480 e. The Morgan fingerprint density at radius 3 is 1.68 bits per heavy atom. The summed E-state index contributed by atoms with van der Waals surface area (Å²) in [5, 5.41) is 11.0. The van der Waals surface area contributed by atoms with Crippen molar-refractivity contribution in [2.75, 3.05) is 6.54 Å². The Hall–Kier alpha value is -2.11. The lowest BCUT2D eigenvalue weighted by Gasteiger charge is -2.14. The van der Waals surface area contributed by atoms with Crippen LogP contribution in [0.25, 0.3) is 0 Å². The zero-order valence-corrected chi connectivity index (χ0v) is 28.8. The second-order valence-corrected chi connectivity index (χ2v) is 12.5. The molecule has 44 heavy (non-hydrogen) atoms. The van der Waals surface area contributed by atoms with E-state index in [0.29, 0.717) is 12.8 Å². The van der Waals surface area contributed by atoms with E-state index >= 15 is 0 Å². The monoisotopic (exact) mass is 620 g/mol. The zero-order chi connectivity index (χ0) is 32.4. The van der Waals surface area contributed by atoms with Gasteiger partial charge in [0.1, 0.15) is 12.6 Å². The van der Waals surface area contributed by atoms with Crippen molar-refractivity contribution in [3.63, 3.8) is 0 Å². The van der Waals surface area contributed by atoms with Gasteiger partial charge in [-0.3, -0.25) is 14.4 Å². The van der Waals surface area contributed by atoms with Gasteiger partial charge in [0.2, 0.25) is 5.91 Å². The Kier molecular flexibility index (Phi) is 32.2. The Balaban J connectivity index is 4.17. The summed E-state index contributed by atoms with van der Waals surface area (Å²) in [4.78, 5) is 34.7. The molecule has 0 spiro atoms. The molecule has 1 amide bonds. The van der Waals surface area contributed by atoms with E-state index in [9.17, 15) is 14.4 Å². The first kappa shape index (κ1) is 41.9. The van der Waals surface area contributed by atoms with Crippen LogP contribution in [0.4, 0.5) is 0 Å². The van der Waals surface area contributed by atoms with Crippen LogP contribution >= 0.6 is 0 Å². The van der Waals surface area contributed by atoms with E-state index in [-0.39, 0.29) is 24.5 Å². The van der Waals surface area contributed by atoms with Crippen molar-refractivity contribution >= 4 is 17.8 Å². The van der Waals surface area contributed by atoms with Gasteiger partial charge in [0.05, 0.1) is 0 Å². The minimum Gasteiger partial charge on any atom is -0.480 e. The van der Waals surface area contributed by atoms with Crippen LogP contribution < -0.4 is 5.32 Å². The lowest BCUT2D eigenvalue weighted by molar-refractivity contribution is -0.147. The van der Waals surface area contributed by atoms with E-state index in [0.717, 1.165) is 70.6 Å². The van der Waals surface area contributed by atoms with Gasteiger partial charge in [-0.1, -0.05) is 148 Å². The standard InChI is InChI=1S/C38H69NO5/c1-3-5-7-9-11-13-14-15-16-17-19-25-29-33-38(43)44-35(30-26-22-18-12-10-8-6-4-2)31-27-23-20-21-24-28-32-36(40)39-34-37(41)42/h12,18,26,30,35H,3-11,13-17,19-25,27-29,31-34H2,1-2H3,(H,39,40)(H,41,42)/b18-12-,30-26-. The summed E-state index contributed by atoms with van der Waals surface area (Å²) in [5.74, 6) is -1.28. The van der Waals surface area contributed by atoms with Crippen molar-refractivity contribution < 1.29 is 24.2 Å². The third kappa shape index (κ3) is 32.8. The Labute approximate surface area is 271 Å². The molecule has 0 rings (SSSR count). The molecule has 0 aromatic carbocycles. The number of esters is 1. The van der Waals surface area contributed by atoms with Crippen molar-refractivity contribution in [3.8, 4) is 0 Å². The number of amides is 1. The first-order chi connectivity index (χ1) is 21.5. The summed E-state index contributed by atoms with van der Waals surface area (Å²) >= 11 is 0. The predicted octanol–water partition coefficient (Wildman–Crippen LogP) is 10.8. The van der Waals surface area contributed by atoms with E-state index < -0.39 is 5.97 Å². The molecular weight excluding hydrogens is 550 g/mol. The maximum Gasteiger partial charge on any atom is 0.322 e. The molecule has 0 saturated heterocycles. The Morgan fingerprint density at radius 1 is 0.614 bits per heavy atom. The normalized spacial score (nSPS) is 12.2. The molecule has 0 heterocycles. The van der Waals surface area contributed by atoms with Gasteiger partial charge in [-0.05, 0) is 51.0 Å². The van der Waals surface area contributed by atoms with Gasteiger partial charge in [0.25, 0.3) is 0 Å². The average molecular weight is 620 g/mol. The van der Waals surface area contributed by atoms with Gasteiger partial charge in [-0.25, -0.2) is 0 Å². The van der Waals surface area contributed by atoms with Crippen molar-refractivity contribution in [3.05, 3.63) is 24.3 Å². The highest BCUT2D eigenvalue weighted by Gasteiger charge is 2.11. The zero-order valence-electron chi connectivity index (χ0n) is 28.8. The molecule has 0 radical (unpaired) electrons. The molecule has 0 aromatic rings. The van der Waals surface area contributed by atoms with Crippen LogP contribution in [-0.4, -0.2) is 35.6 Å². The summed E-state index contributed by atoms with van der Waals surface area (Å²) in [6.45, 7) is 4.18. The van der Waals surface area contributed by atoms with Gasteiger partial charge < -0.3 is 15.2 Å². The molecule has 0 bridgehead atoms. The minimum absolute atomic E-state index is 0.0704. The summed E-state index contributed by atoms with van der Waals surface area (Å²) < 4.78 is 5.89. The van der Waals surface area contributed by atoms with E-state index in [1.54, 1.807) is 0 Å². The second-order valence-electron chi connectivity index (χ2n) is 12.5. The number of carboxylic acid groups (broad SMARTS) is 1. The van der Waals surface area contributed by atoms with Gasteiger partial charge in [-0.2, -0.15) is 0 Å². The fourth-order valence-electron chi connectivity index (χ4n) is 5.35. The summed E-state index contributed by atoms with van der Waals surface area (Å²) in [6, 6.07) is 0. The molecule has 0 aliphatic rings. The van der Waals surface area contributed by atoms with Crippen molar-refractivity contribution in [1.82, 2.24) is 5.32 Å². The van der Waals surface area contributed by atoms with Crippen LogP contribution in [0, 0.1) is 0 Å². The smallest absolute Gasteiger partial charge is 0.322 e. The predicted molar refractivity (Wildman–Crippen MR) is 185 cm³/mol. The number of aliphatic carboxylic acids is 1. The SMILES string of the molecule is CCCCC/C=C\C/C=C\C(CCCCCCCCC(=O)NCC(=O)O)OC(=O)CCCCCCCCCCCCCCC. The number of unbranched alkanes of at least 4 members (excludes halogenated alkanes) is 20.